The maximum atomic E-state index is 12.4. The van der Waals surface area contributed by atoms with Crippen molar-refractivity contribution in [3.63, 3.8) is 0 Å². The lowest BCUT2D eigenvalue weighted by molar-refractivity contribution is -0.115. The number of benzene rings is 1. The summed E-state index contributed by atoms with van der Waals surface area (Å²) in [6.07, 6.45) is 2.67. The van der Waals surface area contributed by atoms with E-state index in [9.17, 15) is 9.59 Å². The number of rotatable bonds is 3. The molecule has 1 aliphatic rings. The molecule has 0 fully saturated rings. The molecule has 0 radical (unpaired) electrons. The van der Waals surface area contributed by atoms with Gasteiger partial charge in [-0.15, -0.1) is 0 Å². The zero-order chi connectivity index (χ0) is 13.1. The number of hydrogen-bond acceptors (Lipinski definition) is 3. The van der Waals surface area contributed by atoms with Crippen molar-refractivity contribution < 1.29 is 9.59 Å². The van der Waals surface area contributed by atoms with E-state index in [0.29, 0.717) is 18.4 Å². The van der Waals surface area contributed by atoms with Gasteiger partial charge in [-0.25, -0.2) is 0 Å². The number of nitrogens with zero attached hydrogens (tertiary/aromatic N) is 1. The van der Waals surface area contributed by atoms with Crippen LogP contribution < -0.4 is 0 Å². The zero-order valence-electron chi connectivity index (χ0n) is 10.7. The summed E-state index contributed by atoms with van der Waals surface area (Å²) in [6.45, 7) is 0. The fourth-order valence-corrected chi connectivity index (χ4v) is 2.28. The van der Waals surface area contributed by atoms with E-state index >= 15 is 0 Å². The van der Waals surface area contributed by atoms with E-state index in [2.05, 4.69) is 0 Å². The van der Waals surface area contributed by atoms with Crippen LogP contribution in [0.25, 0.3) is 0 Å². The Labute approximate surface area is 107 Å². The van der Waals surface area contributed by atoms with Crippen molar-refractivity contribution in [3.05, 3.63) is 47.7 Å². The summed E-state index contributed by atoms with van der Waals surface area (Å²) in [4.78, 5) is 25.8. The molecular formula is C15H17NO2. The molecular weight excluding hydrogens is 226 g/mol. The summed E-state index contributed by atoms with van der Waals surface area (Å²) < 4.78 is 0. The van der Waals surface area contributed by atoms with Crippen molar-refractivity contribution in [1.82, 2.24) is 4.90 Å². The molecule has 1 aromatic carbocycles. The number of carbonyl (C=O) groups excluding carboxylic acids is 2. The van der Waals surface area contributed by atoms with Gasteiger partial charge in [0, 0.05) is 37.9 Å². The Hall–Kier alpha value is -1.90. The molecule has 3 heteroatoms. The van der Waals surface area contributed by atoms with Crippen molar-refractivity contribution in [2.45, 2.75) is 12.8 Å². The average molecular weight is 243 g/mol. The number of hydrogen-bond donors (Lipinski definition) is 0. The number of allylic oxidation sites excluding steroid dienone is 2. The highest BCUT2D eigenvalue weighted by Gasteiger charge is 2.29. The SMILES string of the molecule is CN(C)C1=CC(=O)CCC1C(=O)c1ccccc1. The molecule has 1 unspecified atom stereocenters. The van der Waals surface area contributed by atoms with Gasteiger partial charge in [-0.1, -0.05) is 30.3 Å². The molecule has 0 aliphatic heterocycles. The molecule has 0 saturated heterocycles. The van der Waals surface area contributed by atoms with Gasteiger partial charge in [0.1, 0.15) is 0 Å². The summed E-state index contributed by atoms with van der Waals surface area (Å²) in [7, 11) is 3.74. The van der Waals surface area contributed by atoms with E-state index in [-0.39, 0.29) is 17.5 Å². The fourth-order valence-electron chi connectivity index (χ4n) is 2.28. The van der Waals surface area contributed by atoms with E-state index in [1.54, 1.807) is 6.08 Å². The first-order valence-electron chi connectivity index (χ1n) is 6.10. The molecule has 0 bridgehead atoms. The number of ketones is 2. The molecule has 0 aromatic heterocycles. The van der Waals surface area contributed by atoms with Gasteiger partial charge in [-0.05, 0) is 6.42 Å². The van der Waals surface area contributed by atoms with Crippen molar-refractivity contribution in [1.29, 1.82) is 0 Å². The van der Waals surface area contributed by atoms with Gasteiger partial charge in [0.05, 0.1) is 5.92 Å². The lowest BCUT2D eigenvalue weighted by Crippen LogP contribution is -2.30. The van der Waals surface area contributed by atoms with E-state index in [0.717, 1.165) is 5.70 Å². The van der Waals surface area contributed by atoms with Gasteiger partial charge < -0.3 is 4.90 Å². The highest BCUT2D eigenvalue weighted by atomic mass is 16.1. The molecule has 94 valence electrons. The van der Waals surface area contributed by atoms with E-state index < -0.39 is 0 Å². The Balaban J connectivity index is 2.30. The molecule has 0 amide bonds. The maximum absolute atomic E-state index is 12.4. The Morgan fingerprint density at radius 3 is 2.50 bits per heavy atom. The predicted molar refractivity (Wildman–Crippen MR) is 70.3 cm³/mol. The number of Topliss-reactive ketones (excluding diaryl/α,β-unsaturated/α-hetero) is 1. The van der Waals surface area contributed by atoms with Crippen LogP contribution in [0.1, 0.15) is 23.2 Å². The van der Waals surface area contributed by atoms with Gasteiger partial charge in [-0.3, -0.25) is 9.59 Å². The van der Waals surface area contributed by atoms with Crippen molar-refractivity contribution in [2.24, 2.45) is 5.92 Å². The lowest BCUT2D eigenvalue weighted by atomic mass is 9.85. The third-order valence-corrected chi connectivity index (χ3v) is 3.24. The Morgan fingerprint density at radius 2 is 1.89 bits per heavy atom. The van der Waals surface area contributed by atoms with Crippen LogP contribution in [0.4, 0.5) is 0 Å². The van der Waals surface area contributed by atoms with Crippen LogP contribution in [0.5, 0.6) is 0 Å². The van der Waals surface area contributed by atoms with E-state index in [1.165, 1.54) is 0 Å². The highest BCUT2D eigenvalue weighted by Crippen LogP contribution is 2.27. The Morgan fingerprint density at radius 1 is 1.22 bits per heavy atom. The first-order chi connectivity index (χ1) is 8.59. The minimum Gasteiger partial charge on any atom is -0.380 e. The average Bonchev–Trinajstić information content (AvgIpc) is 2.39. The number of carbonyl (C=O) groups is 2. The van der Waals surface area contributed by atoms with Gasteiger partial charge in [-0.2, -0.15) is 0 Å². The first kappa shape index (κ1) is 12.6. The third-order valence-electron chi connectivity index (χ3n) is 3.24. The van der Waals surface area contributed by atoms with Gasteiger partial charge in [0.15, 0.2) is 11.6 Å². The molecule has 0 heterocycles. The van der Waals surface area contributed by atoms with E-state index in [4.69, 9.17) is 0 Å². The largest absolute Gasteiger partial charge is 0.380 e. The zero-order valence-corrected chi connectivity index (χ0v) is 10.7. The monoisotopic (exact) mass is 243 g/mol. The molecule has 1 aliphatic carbocycles. The quantitative estimate of drug-likeness (QED) is 0.764. The minimum atomic E-state index is -0.194. The van der Waals surface area contributed by atoms with Crippen molar-refractivity contribution in [2.75, 3.05) is 14.1 Å². The standard InChI is InChI=1S/C15H17NO2/c1-16(2)14-10-12(17)8-9-13(14)15(18)11-6-4-3-5-7-11/h3-7,10,13H,8-9H2,1-2H3. The topological polar surface area (TPSA) is 37.4 Å². The Bertz CT molecular complexity index is 488. The predicted octanol–water partition coefficient (Wildman–Crippen LogP) is 2.29. The lowest BCUT2D eigenvalue weighted by Gasteiger charge is -2.28. The summed E-state index contributed by atoms with van der Waals surface area (Å²) in [5.74, 6) is 0.0129. The maximum Gasteiger partial charge on any atom is 0.171 e. The molecule has 1 aromatic rings. The van der Waals surface area contributed by atoms with Crippen LogP contribution >= 0.6 is 0 Å². The van der Waals surface area contributed by atoms with E-state index in [1.807, 2.05) is 49.3 Å². The van der Waals surface area contributed by atoms with Crippen LogP contribution in [-0.2, 0) is 4.79 Å². The fraction of sp³-hybridized carbons (Fsp3) is 0.333. The van der Waals surface area contributed by atoms with Gasteiger partial charge in [0.2, 0.25) is 0 Å². The van der Waals surface area contributed by atoms with Crippen LogP contribution in [-0.4, -0.2) is 30.6 Å². The molecule has 0 spiro atoms. The summed E-state index contributed by atoms with van der Waals surface area (Å²) >= 11 is 0. The molecule has 3 nitrogen and oxygen atoms in total. The van der Waals surface area contributed by atoms with Crippen LogP contribution in [0, 0.1) is 5.92 Å². The second kappa shape index (κ2) is 5.17. The summed E-state index contributed by atoms with van der Waals surface area (Å²) in [5, 5.41) is 0. The molecule has 2 rings (SSSR count). The third kappa shape index (κ3) is 2.50. The normalized spacial score (nSPS) is 19.3. The Kier molecular flexibility index (Phi) is 3.60. The first-order valence-corrected chi connectivity index (χ1v) is 6.10. The second-order valence-corrected chi connectivity index (χ2v) is 4.75. The summed E-state index contributed by atoms with van der Waals surface area (Å²) in [6, 6.07) is 9.27. The van der Waals surface area contributed by atoms with Crippen molar-refractivity contribution in [3.8, 4) is 0 Å². The van der Waals surface area contributed by atoms with Gasteiger partial charge in [0.25, 0.3) is 0 Å². The van der Waals surface area contributed by atoms with Crippen molar-refractivity contribution >= 4 is 11.6 Å². The van der Waals surface area contributed by atoms with Crippen LogP contribution in [0.3, 0.4) is 0 Å². The smallest absolute Gasteiger partial charge is 0.171 e. The molecule has 0 saturated carbocycles. The highest BCUT2D eigenvalue weighted by molar-refractivity contribution is 6.02. The molecule has 18 heavy (non-hydrogen) atoms. The van der Waals surface area contributed by atoms with Gasteiger partial charge >= 0.3 is 0 Å². The minimum absolute atomic E-state index is 0.100. The van der Waals surface area contributed by atoms with Crippen LogP contribution in [0.2, 0.25) is 0 Å². The molecule has 1 atom stereocenters. The van der Waals surface area contributed by atoms with Crippen LogP contribution in [0.15, 0.2) is 42.1 Å². The second-order valence-electron chi connectivity index (χ2n) is 4.75. The summed E-state index contributed by atoms with van der Waals surface area (Å²) in [5.41, 5.74) is 1.53. The molecule has 0 N–H and O–H groups in total.